The number of aromatic nitrogens is 2. The normalized spacial score (nSPS) is 16.4. The van der Waals surface area contributed by atoms with Gasteiger partial charge in [-0.1, -0.05) is 19.3 Å². The van der Waals surface area contributed by atoms with Gasteiger partial charge in [-0.15, -0.1) is 0 Å². The molecule has 1 heterocycles. The van der Waals surface area contributed by atoms with Crippen LogP contribution in [0.2, 0.25) is 0 Å². The first-order valence-electron chi connectivity index (χ1n) is 7.65. The molecule has 2 aromatic rings. The number of nitrogens with zero attached hydrogens (tertiary/aromatic N) is 1. The molecule has 114 valence electrons. The Bertz CT molecular complexity index is 653. The SMILES string of the molecule is COCCOc1ccc2[nH]c(=O)n(C3CCCCC3)c2c1. The predicted molar refractivity (Wildman–Crippen MR) is 82.1 cm³/mol. The van der Waals surface area contributed by atoms with Gasteiger partial charge in [-0.3, -0.25) is 4.57 Å². The lowest BCUT2D eigenvalue weighted by atomic mass is 9.95. The fourth-order valence-electron chi connectivity index (χ4n) is 3.14. The van der Waals surface area contributed by atoms with Crippen LogP contribution >= 0.6 is 0 Å². The van der Waals surface area contributed by atoms with Crippen molar-refractivity contribution in [2.75, 3.05) is 20.3 Å². The van der Waals surface area contributed by atoms with Gasteiger partial charge in [0.1, 0.15) is 12.4 Å². The molecule has 1 saturated carbocycles. The van der Waals surface area contributed by atoms with Gasteiger partial charge >= 0.3 is 5.69 Å². The first-order valence-corrected chi connectivity index (χ1v) is 7.65. The average molecular weight is 290 g/mol. The highest BCUT2D eigenvalue weighted by Crippen LogP contribution is 2.30. The van der Waals surface area contributed by atoms with E-state index in [1.807, 2.05) is 22.8 Å². The van der Waals surface area contributed by atoms with Crippen molar-refractivity contribution in [3.63, 3.8) is 0 Å². The van der Waals surface area contributed by atoms with Crippen molar-refractivity contribution in [2.24, 2.45) is 0 Å². The molecule has 21 heavy (non-hydrogen) atoms. The van der Waals surface area contributed by atoms with E-state index in [1.165, 1.54) is 19.3 Å². The zero-order valence-electron chi connectivity index (χ0n) is 12.4. The molecule has 3 rings (SSSR count). The van der Waals surface area contributed by atoms with E-state index in [2.05, 4.69) is 4.98 Å². The minimum absolute atomic E-state index is 0.00839. The van der Waals surface area contributed by atoms with Gasteiger partial charge in [-0.2, -0.15) is 0 Å². The maximum atomic E-state index is 12.3. The molecule has 0 bridgehead atoms. The van der Waals surface area contributed by atoms with Crippen molar-refractivity contribution in [1.82, 2.24) is 9.55 Å². The van der Waals surface area contributed by atoms with Gasteiger partial charge in [0.05, 0.1) is 17.6 Å². The first-order chi connectivity index (χ1) is 10.3. The molecule has 1 aromatic carbocycles. The van der Waals surface area contributed by atoms with Gasteiger partial charge in [0.25, 0.3) is 0 Å². The smallest absolute Gasteiger partial charge is 0.326 e. The highest BCUT2D eigenvalue weighted by atomic mass is 16.5. The van der Waals surface area contributed by atoms with Crippen LogP contribution in [0.25, 0.3) is 11.0 Å². The average Bonchev–Trinajstić information content (AvgIpc) is 2.83. The van der Waals surface area contributed by atoms with Crippen LogP contribution in [0.3, 0.4) is 0 Å². The van der Waals surface area contributed by atoms with Crippen molar-refractivity contribution in [1.29, 1.82) is 0 Å². The van der Waals surface area contributed by atoms with Crippen LogP contribution in [0, 0.1) is 0 Å². The highest BCUT2D eigenvalue weighted by molar-refractivity contribution is 5.77. The van der Waals surface area contributed by atoms with Gasteiger partial charge < -0.3 is 14.5 Å². The standard InChI is InChI=1S/C16H22N2O3/c1-20-9-10-21-13-7-8-14-15(11-13)18(16(19)17-14)12-5-3-2-4-6-12/h7-8,11-12H,2-6,9-10H2,1H3,(H,17,19). The molecule has 0 unspecified atom stereocenters. The number of nitrogens with one attached hydrogen (secondary N) is 1. The molecule has 0 radical (unpaired) electrons. The number of imidazole rings is 1. The summed E-state index contributed by atoms with van der Waals surface area (Å²) in [7, 11) is 1.65. The summed E-state index contributed by atoms with van der Waals surface area (Å²) >= 11 is 0. The van der Waals surface area contributed by atoms with Crippen molar-refractivity contribution >= 4 is 11.0 Å². The van der Waals surface area contributed by atoms with E-state index in [0.717, 1.165) is 29.6 Å². The van der Waals surface area contributed by atoms with Gasteiger partial charge in [0.15, 0.2) is 0 Å². The molecule has 0 amide bonds. The summed E-state index contributed by atoms with van der Waals surface area (Å²) in [5.74, 6) is 0.781. The van der Waals surface area contributed by atoms with Crippen LogP contribution in [-0.4, -0.2) is 29.9 Å². The van der Waals surface area contributed by atoms with Crippen molar-refractivity contribution in [3.8, 4) is 5.75 Å². The number of hydrogen-bond acceptors (Lipinski definition) is 3. The van der Waals surface area contributed by atoms with E-state index in [-0.39, 0.29) is 5.69 Å². The number of aromatic amines is 1. The second-order valence-electron chi connectivity index (χ2n) is 5.61. The lowest BCUT2D eigenvalue weighted by Crippen LogP contribution is -2.23. The van der Waals surface area contributed by atoms with Crippen molar-refractivity contribution in [3.05, 3.63) is 28.7 Å². The molecule has 1 fully saturated rings. The summed E-state index contributed by atoms with van der Waals surface area (Å²) < 4.78 is 12.6. The van der Waals surface area contributed by atoms with E-state index in [9.17, 15) is 4.79 Å². The minimum atomic E-state index is -0.00839. The Balaban J connectivity index is 1.92. The molecule has 5 heteroatoms. The van der Waals surface area contributed by atoms with E-state index in [0.29, 0.717) is 19.3 Å². The summed E-state index contributed by atoms with van der Waals surface area (Å²) in [5, 5.41) is 0. The Morgan fingerprint density at radius 1 is 1.24 bits per heavy atom. The molecule has 1 N–H and O–H groups in total. The van der Waals surface area contributed by atoms with E-state index in [4.69, 9.17) is 9.47 Å². The molecular formula is C16H22N2O3. The third-order valence-electron chi connectivity index (χ3n) is 4.19. The summed E-state index contributed by atoms with van der Waals surface area (Å²) in [6.45, 7) is 1.07. The molecule has 0 spiro atoms. The van der Waals surface area contributed by atoms with Crippen LogP contribution in [0.15, 0.2) is 23.0 Å². The lowest BCUT2D eigenvalue weighted by Gasteiger charge is -2.23. The monoisotopic (exact) mass is 290 g/mol. The van der Waals surface area contributed by atoms with Gasteiger partial charge in [-0.25, -0.2) is 4.79 Å². The Labute approximate surface area is 123 Å². The third kappa shape index (κ3) is 2.97. The second-order valence-corrected chi connectivity index (χ2v) is 5.61. The Hall–Kier alpha value is -1.75. The van der Waals surface area contributed by atoms with Crippen LogP contribution in [0.4, 0.5) is 0 Å². The van der Waals surface area contributed by atoms with E-state index in [1.54, 1.807) is 7.11 Å². The predicted octanol–water partition coefficient (Wildman–Crippen LogP) is 2.86. The van der Waals surface area contributed by atoms with Gasteiger partial charge in [0.2, 0.25) is 0 Å². The highest BCUT2D eigenvalue weighted by Gasteiger charge is 2.20. The summed E-state index contributed by atoms with van der Waals surface area (Å²) in [4.78, 5) is 15.2. The molecule has 0 saturated heterocycles. The van der Waals surface area contributed by atoms with E-state index < -0.39 is 0 Å². The quantitative estimate of drug-likeness (QED) is 0.861. The molecular weight excluding hydrogens is 268 g/mol. The molecule has 0 atom stereocenters. The van der Waals surface area contributed by atoms with Crippen LogP contribution in [0.5, 0.6) is 5.75 Å². The van der Waals surface area contributed by atoms with Gasteiger partial charge in [0, 0.05) is 19.2 Å². The number of methoxy groups -OCH3 is 1. The first kappa shape index (κ1) is 14.2. The topological polar surface area (TPSA) is 56.2 Å². The van der Waals surface area contributed by atoms with Crippen LogP contribution in [-0.2, 0) is 4.74 Å². The summed E-state index contributed by atoms with van der Waals surface area (Å²) in [6.07, 6.45) is 5.85. The molecule has 1 aliphatic carbocycles. The fourth-order valence-corrected chi connectivity index (χ4v) is 3.14. The Kier molecular flexibility index (Phi) is 4.29. The molecule has 0 aliphatic heterocycles. The fraction of sp³-hybridized carbons (Fsp3) is 0.562. The van der Waals surface area contributed by atoms with Gasteiger partial charge in [-0.05, 0) is 25.0 Å². The van der Waals surface area contributed by atoms with E-state index >= 15 is 0 Å². The summed E-state index contributed by atoms with van der Waals surface area (Å²) in [5.41, 5.74) is 1.82. The van der Waals surface area contributed by atoms with Crippen LogP contribution < -0.4 is 10.4 Å². The zero-order chi connectivity index (χ0) is 14.7. The maximum Gasteiger partial charge on any atom is 0.326 e. The Morgan fingerprint density at radius 2 is 2.05 bits per heavy atom. The molecule has 1 aromatic heterocycles. The molecule has 5 nitrogen and oxygen atoms in total. The third-order valence-corrected chi connectivity index (χ3v) is 4.19. The van der Waals surface area contributed by atoms with Crippen molar-refractivity contribution < 1.29 is 9.47 Å². The molecule has 1 aliphatic rings. The number of ether oxygens (including phenoxy) is 2. The number of rotatable bonds is 5. The largest absolute Gasteiger partial charge is 0.491 e. The summed E-state index contributed by atoms with van der Waals surface area (Å²) in [6, 6.07) is 6.07. The minimum Gasteiger partial charge on any atom is -0.491 e. The Morgan fingerprint density at radius 3 is 2.81 bits per heavy atom. The number of benzene rings is 1. The maximum absolute atomic E-state index is 12.3. The number of H-pyrrole nitrogens is 1. The van der Waals surface area contributed by atoms with Crippen LogP contribution in [0.1, 0.15) is 38.1 Å². The number of fused-ring (bicyclic) bond motifs is 1. The number of hydrogen-bond donors (Lipinski definition) is 1. The lowest BCUT2D eigenvalue weighted by molar-refractivity contribution is 0.146. The second kappa shape index (κ2) is 6.35. The zero-order valence-corrected chi connectivity index (χ0v) is 12.4. The van der Waals surface area contributed by atoms with Crippen molar-refractivity contribution in [2.45, 2.75) is 38.1 Å².